The van der Waals surface area contributed by atoms with Crippen LogP contribution in [0.15, 0.2) is 42.5 Å². The second kappa shape index (κ2) is 15.9. The Kier molecular flexibility index (Phi) is 12.0. The van der Waals surface area contributed by atoms with Crippen LogP contribution in [0.5, 0.6) is 11.5 Å². The van der Waals surface area contributed by atoms with Crippen molar-refractivity contribution < 1.29 is 43.2 Å². The van der Waals surface area contributed by atoms with Crippen molar-refractivity contribution >= 4 is 17.8 Å². The average Bonchev–Trinajstić information content (AvgIpc) is 3.02. The van der Waals surface area contributed by atoms with E-state index in [4.69, 9.17) is 23.7 Å². The molecule has 2 aromatic rings. The Morgan fingerprint density at radius 1 is 0.977 bits per heavy atom. The normalized spacial score (nSPS) is 20.0. The van der Waals surface area contributed by atoms with Gasteiger partial charge >= 0.3 is 11.9 Å². The Balaban J connectivity index is 1.23. The largest absolute Gasteiger partial charge is 0.494 e. The average molecular weight is 612 g/mol. The molecule has 4 rings (SSSR count). The smallest absolute Gasteiger partial charge is 0.337 e. The fraction of sp³-hybridized carbons (Fsp3) is 0.559. The lowest BCUT2D eigenvalue weighted by atomic mass is 9.85. The number of amides is 1. The molecule has 10 nitrogen and oxygen atoms in total. The molecule has 1 heterocycles. The molecule has 2 atom stereocenters. The summed E-state index contributed by atoms with van der Waals surface area (Å²) in [6.07, 6.45) is 5.38. The van der Waals surface area contributed by atoms with E-state index in [1.165, 1.54) is 13.2 Å². The van der Waals surface area contributed by atoms with E-state index >= 15 is 0 Å². The van der Waals surface area contributed by atoms with Crippen molar-refractivity contribution in [2.24, 2.45) is 11.3 Å². The van der Waals surface area contributed by atoms with Crippen molar-refractivity contribution in [2.45, 2.75) is 77.5 Å². The summed E-state index contributed by atoms with van der Waals surface area (Å²) in [5.74, 6) is -1.11. The maximum absolute atomic E-state index is 13.2. The van der Waals surface area contributed by atoms with Gasteiger partial charge in [-0.3, -0.25) is 9.59 Å². The highest BCUT2D eigenvalue weighted by atomic mass is 16.7. The summed E-state index contributed by atoms with van der Waals surface area (Å²) >= 11 is 0. The number of carboxylic acid groups (broad SMARTS) is 1. The van der Waals surface area contributed by atoms with Crippen LogP contribution in [-0.4, -0.2) is 68.8 Å². The van der Waals surface area contributed by atoms with E-state index in [0.29, 0.717) is 57.9 Å². The summed E-state index contributed by atoms with van der Waals surface area (Å²) in [5, 5.41) is 12.3. The molecule has 0 bridgehead atoms. The highest BCUT2D eigenvalue weighted by Gasteiger charge is 2.29. The van der Waals surface area contributed by atoms with Crippen LogP contribution in [0.4, 0.5) is 0 Å². The minimum atomic E-state index is -0.844. The minimum absolute atomic E-state index is 0.0719. The van der Waals surface area contributed by atoms with Gasteiger partial charge in [0.25, 0.3) is 5.91 Å². The summed E-state index contributed by atoms with van der Waals surface area (Å²) in [5.41, 5.74) is 1.66. The molecule has 0 aromatic heterocycles. The van der Waals surface area contributed by atoms with Crippen LogP contribution in [-0.2, 0) is 25.4 Å². The molecule has 240 valence electrons. The zero-order valence-electron chi connectivity index (χ0n) is 26.0. The Morgan fingerprint density at radius 2 is 1.70 bits per heavy atom. The number of methoxy groups -OCH3 is 1. The maximum Gasteiger partial charge on any atom is 0.337 e. The summed E-state index contributed by atoms with van der Waals surface area (Å²) in [4.78, 5) is 36.8. The molecule has 1 saturated carbocycles. The lowest BCUT2D eigenvalue weighted by molar-refractivity contribution is -0.224. The number of benzene rings is 2. The number of nitrogens with one attached hydrogen (secondary N) is 1. The highest BCUT2D eigenvalue weighted by Crippen LogP contribution is 2.27. The van der Waals surface area contributed by atoms with Crippen molar-refractivity contribution in [3.8, 4) is 11.5 Å². The molecule has 2 unspecified atom stereocenters. The third-order valence-electron chi connectivity index (χ3n) is 7.97. The standard InChI is InChI=1S/C34H45NO9/c1-34(2)21-43-30(44-22-34)10-6-17-41-27-14-11-23(12-15-27)7-5-18-42-29-16-13-25(33(39)40-3)20-28(29)31(36)35-26-9-4-8-24(19-26)32(37)38/h11-16,20,24,26,30H,4-10,17-19,21-22H2,1-3H3,(H,35,36)(H,37,38). The Hall–Kier alpha value is -3.63. The lowest BCUT2D eigenvalue weighted by Crippen LogP contribution is -2.40. The van der Waals surface area contributed by atoms with E-state index in [9.17, 15) is 19.5 Å². The highest BCUT2D eigenvalue weighted by molar-refractivity contribution is 6.00. The van der Waals surface area contributed by atoms with Crippen LogP contribution in [0.1, 0.15) is 85.1 Å². The van der Waals surface area contributed by atoms with E-state index in [-0.39, 0.29) is 28.9 Å². The number of aliphatic carboxylic acids is 1. The number of rotatable bonds is 14. The number of ether oxygens (including phenoxy) is 5. The molecule has 2 N–H and O–H groups in total. The van der Waals surface area contributed by atoms with Crippen molar-refractivity contribution in [3.05, 3.63) is 59.2 Å². The molecule has 44 heavy (non-hydrogen) atoms. The first kappa shape index (κ1) is 33.3. The van der Waals surface area contributed by atoms with Gasteiger partial charge in [0, 0.05) is 17.9 Å². The van der Waals surface area contributed by atoms with Gasteiger partial charge in [0.05, 0.1) is 50.6 Å². The molecule has 10 heteroatoms. The predicted molar refractivity (Wildman–Crippen MR) is 163 cm³/mol. The third-order valence-corrected chi connectivity index (χ3v) is 7.97. The minimum Gasteiger partial charge on any atom is -0.494 e. The van der Waals surface area contributed by atoms with E-state index in [0.717, 1.165) is 37.0 Å². The molecule has 1 aliphatic carbocycles. The van der Waals surface area contributed by atoms with Crippen molar-refractivity contribution in [1.29, 1.82) is 0 Å². The van der Waals surface area contributed by atoms with E-state index < -0.39 is 23.8 Å². The molecule has 1 saturated heterocycles. The molecule has 0 spiro atoms. The summed E-state index contributed by atoms with van der Waals surface area (Å²) in [6.45, 7) is 6.63. The SMILES string of the molecule is COC(=O)c1ccc(OCCCc2ccc(OCCCC3OCC(C)(C)CO3)cc2)c(C(=O)NC2CCCC(C(=O)O)C2)c1. The number of esters is 1. The van der Waals surface area contributed by atoms with Gasteiger partial charge in [0.2, 0.25) is 0 Å². The fourth-order valence-electron chi connectivity index (χ4n) is 5.43. The number of aryl methyl sites for hydroxylation is 1. The number of carbonyl (C=O) groups is 3. The fourth-order valence-corrected chi connectivity index (χ4v) is 5.43. The second-order valence-corrected chi connectivity index (χ2v) is 12.4. The van der Waals surface area contributed by atoms with Gasteiger partial charge in [-0.05, 0) is 74.4 Å². The van der Waals surface area contributed by atoms with Crippen molar-refractivity contribution in [2.75, 3.05) is 33.5 Å². The Labute approximate surface area is 259 Å². The molecule has 1 amide bonds. The quantitative estimate of drug-likeness (QED) is 0.213. The van der Waals surface area contributed by atoms with Crippen LogP contribution in [0.2, 0.25) is 0 Å². The van der Waals surface area contributed by atoms with Gasteiger partial charge in [-0.15, -0.1) is 0 Å². The summed E-state index contributed by atoms with van der Waals surface area (Å²) in [7, 11) is 1.28. The first-order chi connectivity index (χ1) is 21.1. The van der Waals surface area contributed by atoms with Gasteiger partial charge in [-0.25, -0.2) is 4.79 Å². The molecule has 1 aliphatic heterocycles. The maximum atomic E-state index is 13.2. The molecule has 0 radical (unpaired) electrons. The molecule has 2 aliphatic rings. The van der Waals surface area contributed by atoms with Gasteiger partial charge in [0.1, 0.15) is 11.5 Å². The van der Waals surface area contributed by atoms with Crippen LogP contribution in [0.3, 0.4) is 0 Å². The Bertz CT molecular complexity index is 1250. The number of hydrogen-bond donors (Lipinski definition) is 2. The van der Waals surface area contributed by atoms with Crippen molar-refractivity contribution in [3.63, 3.8) is 0 Å². The zero-order valence-corrected chi connectivity index (χ0v) is 26.0. The van der Waals surface area contributed by atoms with Gasteiger partial charge in [-0.2, -0.15) is 0 Å². The zero-order chi connectivity index (χ0) is 31.5. The van der Waals surface area contributed by atoms with Crippen LogP contribution in [0, 0.1) is 11.3 Å². The molecule has 2 aromatic carbocycles. The number of carboxylic acids is 1. The first-order valence-electron chi connectivity index (χ1n) is 15.5. The van der Waals surface area contributed by atoms with Gasteiger partial charge < -0.3 is 34.1 Å². The van der Waals surface area contributed by atoms with Crippen LogP contribution in [0.25, 0.3) is 0 Å². The van der Waals surface area contributed by atoms with E-state index in [1.807, 2.05) is 24.3 Å². The van der Waals surface area contributed by atoms with E-state index in [1.54, 1.807) is 12.1 Å². The second-order valence-electron chi connectivity index (χ2n) is 12.4. The number of hydrogen-bond acceptors (Lipinski definition) is 8. The third kappa shape index (κ3) is 9.95. The summed E-state index contributed by atoms with van der Waals surface area (Å²) in [6, 6.07) is 12.3. The van der Waals surface area contributed by atoms with E-state index in [2.05, 4.69) is 19.2 Å². The topological polar surface area (TPSA) is 130 Å². The van der Waals surface area contributed by atoms with Crippen LogP contribution < -0.4 is 14.8 Å². The number of carbonyl (C=O) groups excluding carboxylic acids is 2. The monoisotopic (exact) mass is 611 g/mol. The van der Waals surface area contributed by atoms with Crippen molar-refractivity contribution in [1.82, 2.24) is 5.32 Å². The molecular weight excluding hydrogens is 566 g/mol. The van der Waals surface area contributed by atoms with Crippen LogP contribution >= 0.6 is 0 Å². The molecular formula is C34H45NO9. The summed E-state index contributed by atoms with van der Waals surface area (Å²) < 4.78 is 28.2. The molecule has 2 fully saturated rings. The Morgan fingerprint density at radius 3 is 2.41 bits per heavy atom. The lowest BCUT2D eigenvalue weighted by Gasteiger charge is -2.34. The predicted octanol–water partition coefficient (Wildman–Crippen LogP) is 5.42. The van der Waals surface area contributed by atoms with Gasteiger partial charge in [0.15, 0.2) is 6.29 Å². The first-order valence-corrected chi connectivity index (χ1v) is 15.5. The van der Waals surface area contributed by atoms with Gasteiger partial charge in [-0.1, -0.05) is 32.4 Å².